The van der Waals surface area contributed by atoms with Gasteiger partial charge in [0.15, 0.2) is 5.75 Å². The summed E-state index contributed by atoms with van der Waals surface area (Å²) in [6.07, 6.45) is 0.448. The van der Waals surface area contributed by atoms with Gasteiger partial charge in [-0.05, 0) is 12.5 Å². The standard InChI is InChI=1S/C11H11NO5/c1-17-9-4-2-3-6(10(9)12(15)16)7-5-8(7)11(13)14/h2-4,7-8H,5H2,1H3,(H,13,14)/t7-,8+/m0/s1. The van der Waals surface area contributed by atoms with Crippen LogP contribution in [0.25, 0.3) is 0 Å². The van der Waals surface area contributed by atoms with Crippen molar-refractivity contribution in [1.29, 1.82) is 0 Å². The Morgan fingerprint density at radius 1 is 1.59 bits per heavy atom. The number of hydrogen-bond donors (Lipinski definition) is 1. The molecule has 1 N–H and O–H groups in total. The highest BCUT2D eigenvalue weighted by atomic mass is 16.6. The van der Waals surface area contributed by atoms with E-state index in [9.17, 15) is 14.9 Å². The molecule has 0 amide bonds. The van der Waals surface area contributed by atoms with E-state index in [1.807, 2.05) is 0 Å². The summed E-state index contributed by atoms with van der Waals surface area (Å²) in [6.45, 7) is 0. The number of methoxy groups -OCH3 is 1. The van der Waals surface area contributed by atoms with Gasteiger partial charge in [0.1, 0.15) is 0 Å². The lowest BCUT2D eigenvalue weighted by Crippen LogP contribution is -2.02. The van der Waals surface area contributed by atoms with Crippen LogP contribution in [0.15, 0.2) is 18.2 Å². The molecule has 6 nitrogen and oxygen atoms in total. The molecule has 1 aliphatic rings. The van der Waals surface area contributed by atoms with E-state index in [0.29, 0.717) is 12.0 Å². The number of ether oxygens (including phenoxy) is 1. The fourth-order valence-electron chi connectivity index (χ4n) is 2.01. The van der Waals surface area contributed by atoms with E-state index < -0.39 is 16.8 Å². The summed E-state index contributed by atoms with van der Waals surface area (Å²) in [5.41, 5.74) is 0.325. The summed E-state index contributed by atoms with van der Waals surface area (Å²) in [7, 11) is 1.35. The van der Waals surface area contributed by atoms with Crippen LogP contribution in [0.4, 0.5) is 5.69 Å². The van der Waals surface area contributed by atoms with Crippen molar-refractivity contribution < 1.29 is 19.6 Å². The molecule has 6 heteroatoms. The van der Waals surface area contributed by atoms with Gasteiger partial charge in [0.25, 0.3) is 0 Å². The molecule has 0 bridgehead atoms. The molecule has 2 atom stereocenters. The van der Waals surface area contributed by atoms with Gasteiger partial charge in [-0.2, -0.15) is 0 Å². The van der Waals surface area contributed by atoms with Gasteiger partial charge < -0.3 is 9.84 Å². The lowest BCUT2D eigenvalue weighted by atomic mass is 10.1. The quantitative estimate of drug-likeness (QED) is 0.636. The van der Waals surface area contributed by atoms with Gasteiger partial charge in [-0.15, -0.1) is 0 Å². The molecule has 1 saturated carbocycles. The maximum Gasteiger partial charge on any atom is 0.314 e. The summed E-state index contributed by atoms with van der Waals surface area (Å²) in [6, 6.07) is 4.73. The van der Waals surface area contributed by atoms with E-state index in [4.69, 9.17) is 9.84 Å². The van der Waals surface area contributed by atoms with E-state index in [0.717, 1.165) is 0 Å². The average Bonchev–Trinajstić information content (AvgIpc) is 3.07. The second-order valence-corrected chi connectivity index (χ2v) is 3.94. The molecule has 0 unspecified atom stereocenters. The molecule has 1 aromatic carbocycles. The van der Waals surface area contributed by atoms with Crippen LogP contribution in [0, 0.1) is 16.0 Å². The van der Waals surface area contributed by atoms with Crippen molar-refractivity contribution in [2.24, 2.45) is 5.92 Å². The van der Waals surface area contributed by atoms with Gasteiger partial charge in [0.05, 0.1) is 18.0 Å². The summed E-state index contributed by atoms with van der Waals surface area (Å²) in [4.78, 5) is 21.2. The summed E-state index contributed by atoms with van der Waals surface area (Å²) >= 11 is 0. The van der Waals surface area contributed by atoms with Crippen LogP contribution in [0.2, 0.25) is 0 Å². The molecule has 0 heterocycles. The number of hydrogen-bond acceptors (Lipinski definition) is 4. The number of nitro benzene ring substituents is 1. The van der Waals surface area contributed by atoms with E-state index in [-0.39, 0.29) is 17.4 Å². The van der Waals surface area contributed by atoms with Crippen LogP contribution >= 0.6 is 0 Å². The van der Waals surface area contributed by atoms with Crippen molar-refractivity contribution in [2.45, 2.75) is 12.3 Å². The number of benzene rings is 1. The summed E-state index contributed by atoms with van der Waals surface area (Å²) in [5, 5.41) is 19.8. The van der Waals surface area contributed by atoms with Crippen molar-refractivity contribution >= 4 is 11.7 Å². The minimum atomic E-state index is -0.910. The van der Waals surface area contributed by atoms with Crippen molar-refractivity contribution in [3.63, 3.8) is 0 Å². The van der Waals surface area contributed by atoms with Crippen molar-refractivity contribution in [3.05, 3.63) is 33.9 Å². The highest BCUT2D eigenvalue weighted by Crippen LogP contribution is 2.52. The highest BCUT2D eigenvalue weighted by molar-refractivity contribution is 5.76. The van der Waals surface area contributed by atoms with Crippen LogP contribution in [-0.2, 0) is 4.79 Å². The first-order valence-electron chi connectivity index (χ1n) is 5.10. The first-order valence-corrected chi connectivity index (χ1v) is 5.10. The van der Waals surface area contributed by atoms with Crippen molar-refractivity contribution in [2.75, 3.05) is 7.11 Å². The van der Waals surface area contributed by atoms with Gasteiger partial charge in [-0.1, -0.05) is 12.1 Å². The Balaban J connectivity index is 2.41. The van der Waals surface area contributed by atoms with E-state index in [1.165, 1.54) is 13.2 Å². The molecule has 1 aromatic rings. The molecule has 2 rings (SSSR count). The number of carboxylic acid groups (broad SMARTS) is 1. The minimum Gasteiger partial charge on any atom is -0.490 e. The maximum absolute atomic E-state index is 11.0. The molecular formula is C11H11NO5. The Morgan fingerprint density at radius 2 is 2.29 bits per heavy atom. The third-order valence-electron chi connectivity index (χ3n) is 2.94. The van der Waals surface area contributed by atoms with Crippen LogP contribution in [0.3, 0.4) is 0 Å². The van der Waals surface area contributed by atoms with E-state index >= 15 is 0 Å². The summed E-state index contributed by atoms with van der Waals surface area (Å²) < 4.78 is 4.93. The summed E-state index contributed by atoms with van der Waals surface area (Å²) in [5.74, 6) is -1.53. The minimum absolute atomic E-state index is 0.122. The SMILES string of the molecule is COc1cccc([C@@H]2C[C@H]2C(=O)O)c1[N+](=O)[O-]. The topological polar surface area (TPSA) is 89.7 Å². The first-order chi connectivity index (χ1) is 8.06. The predicted octanol–water partition coefficient (Wildman–Crippen LogP) is 1.79. The number of carboxylic acids is 1. The Bertz CT molecular complexity index is 485. The lowest BCUT2D eigenvalue weighted by Gasteiger charge is -2.05. The van der Waals surface area contributed by atoms with Crippen LogP contribution in [-0.4, -0.2) is 23.1 Å². The molecule has 0 aliphatic heterocycles. The molecule has 90 valence electrons. The van der Waals surface area contributed by atoms with Crippen LogP contribution in [0.1, 0.15) is 17.9 Å². The molecule has 0 saturated heterocycles. The third kappa shape index (κ3) is 1.93. The molecule has 0 radical (unpaired) electrons. The number of carbonyl (C=O) groups is 1. The predicted molar refractivity (Wildman–Crippen MR) is 58.1 cm³/mol. The van der Waals surface area contributed by atoms with Gasteiger partial charge >= 0.3 is 11.7 Å². The number of rotatable bonds is 4. The Kier molecular flexibility index (Phi) is 2.71. The second kappa shape index (κ2) is 4.04. The third-order valence-corrected chi connectivity index (χ3v) is 2.94. The van der Waals surface area contributed by atoms with Gasteiger partial charge in [0.2, 0.25) is 0 Å². The molecule has 1 fully saturated rings. The van der Waals surface area contributed by atoms with Gasteiger partial charge in [0, 0.05) is 11.5 Å². The molecule has 0 spiro atoms. The Morgan fingerprint density at radius 3 is 2.76 bits per heavy atom. The normalized spacial score (nSPS) is 21.9. The van der Waals surface area contributed by atoms with Gasteiger partial charge in [-0.3, -0.25) is 14.9 Å². The fourth-order valence-corrected chi connectivity index (χ4v) is 2.01. The van der Waals surface area contributed by atoms with Crippen molar-refractivity contribution in [1.82, 2.24) is 0 Å². The zero-order valence-corrected chi connectivity index (χ0v) is 9.12. The number of nitro groups is 1. The smallest absolute Gasteiger partial charge is 0.314 e. The van der Waals surface area contributed by atoms with Crippen molar-refractivity contribution in [3.8, 4) is 5.75 Å². The fraction of sp³-hybridized carbons (Fsp3) is 0.364. The van der Waals surface area contributed by atoms with Gasteiger partial charge in [-0.25, -0.2) is 0 Å². The number of nitrogens with zero attached hydrogens (tertiary/aromatic N) is 1. The highest BCUT2D eigenvalue weighted by Gasteiger charge is 2.47. The zero-order chi connectivity index (χ0) is 12.6. The lowest BCUT2D eigenvalue weighted by molar-refractivity contribution is -0.386. The second-order valence-electron chi connectivity index (χ2n) is 3.94. The molecule has 0 aromatic heterocycles. The number of para-hydroxylation sites is 1. The maximum atomic E-state index is 11.0. The Hall–Kier alpha value is -2.11. The zero-order valence-electron chi connectivity index (χ0n) is 9.12. The van der Waals surface area contributed by atoms with Crippen LogP contribution in [0.5, 0.6) is 5.75 Å². The average molecular weight is 237 g/mol. The monoisotopic (exact) mass is 237 g/mol. The van der Waals surface area contributed by atoms with E-state index in [1.54, 1.807) is 12.1 Å². The Labute approximate surface area is 97.0 Å². The molecule has 1 aliphatic carbocycles. The first kappa shape index (κ1) is 11.4. The largest absolute Gasteiger partial charge is 0.490 e. The van der Waals surface area contributed by atoms with E-state index in [2.05, 4.69) is 0 Å². The number of aliphatic carboxylic acids is 1. The van der Waals surface area contributed by atoms with Crippen LogP contribution < -0.4 is 4.74 Å². The molecule has 17 heavy (non-hydrogen) atoms. The molecular weight excluding hydrogens is 226 g/mol.